The lowest BCUT2D eigenvalue weighted by molar-refractivity contribution is -0.385. The lowest BCUT2D eigenvalue weighted by Crippen LogP contribution is -2.01. The molecule has 0 saturated heterocycles. The van der Waals surface area contributed by atoms with Crippen LogP contribution >= 0.6 is 11.6 Å². The smallest absolute Gasteiger partial charge is 0.317 e. The van der Waals surface area contributed by atoms with Crippen LogP contribution in [0.3, 0.4) is 0 Å². The van der Waals surface area contributed by atoms with Gasteiger partial charge in [-0.25, -0.2) is 4.98 Å². The fourth-order valence-electron chi connectivity index (χ4n) is 1.05. The Morgan fingerprint density at radius 2 is 2.39 bits per heavy atom. The van der Waals surface area contributed by atoms with Gasteiger partial charge in [0.15, 0.2) is 0 Å². The first-order valence-electron chi connectivity index (χ1n) is 4.99. The van der Waals surface area contributed by atoms with Crippen LogP contribution in [-0.2, 0) is 9.53 Å². The molecule has 1 aromatic heterocycles. The molecule has 1 heterocycles. The second-order valence-corrected chi connectivity index (χ2v) is 3.43. The van der Waals surface area contributed by atoms with Crippen molar-refractivity contribution in [3.8, 4) is 11.8 Å². The molecule has 0 aliphatic carbocycles. The minimum atomic E-state index is -0.597. The number of ether oxygens (including phenoxy) is 1. The van der Waals surface area contributed by atoms with E-state index in [0.717, 1.165) is 6.20 Å². The van der Waals surface area contributed by atoms with Crippen LogP contribution in [-0.4, -0.2) is 22.5 Å². The highest BCUT2D eigenvalue weighted by atomic mass is 35.5. The zero-order chi connectivity index (χ0) is 13.5. The van der Waals surface area contributed by atoms with Crippen LogP contribution in [0.1, 0.15) is 18.9 Å². The van der Waals surface area contributed by atoms with Crippen molar-refractivity contribution in [3.05, 3.63) is 33.1 Å². The first kappa shape index (κ1) is 13.9. The molecule has 0 saturated carbocycles. The number of carbonyl (C=O) groups is 1. The zero-order valence-electron chi connectivity index (χ0n) is 9.47. The van der Waals surface area contributed by atoms with Crippen LogP contribution in [0.15, 0.2) is 12.3 Å². The van der Waals surface area contributed by atoms with Crippen LogP contribution in [0.25, 0.3) is 0 Å². The number of carbonyl (C=O) groups excluding carboxylic acids is 1. The molecule has 1 rings (SSSR count). The lowest BCUT2D eigenvalue weighted by Gasteiger charge is -1.96. The van der Waals surface area contributed by atoms with Crippen LogP contribution < -0.4 is 0 Å². The molecular weight excluding hydrogens is 260 g/mol. The van der Waals surface area contributed by atoms with E-state index in [9.17, 15) is 14.9 Å². The van der Waals surface area contributed by atoms with Gasteiger partial charge >= 0.3 is 5.97 Å². The number of esters is 1. The normalized spacial score (nSPS) is 9.22. The Labute approximate surface area is 108 Å². The molecule has 0 N–H and O–H groups in total. The van der Waals surface area contributed by atoms with Crippen molar-refractivity contribution in [2.45, 2.75) is 13.3 Å². The summed E-state index contributed by atoms with van der Waals surface area (Å²) in [4.78, 5) is 24.6. The van der Waals surface area contributed by atoms with Crippen LogP contribution in [0, 0.1) is 22.0 Å². The maximum absolute atomic E-state index is 11.0. The van der Waals surface area contributed by atoms with Crippen LogP contribution in [0.2, 0.25) is 5.15 Å². The monoisotopic (exact) mass is 268 g/mol. The maximum Gasteiger partial charge on any atom is 0.317 e. The number of rotatable bonds is 3. The molecule has 7 heteroatoms. The Kier molecular flexibility index (Phi) is 5.08. The van der Waals surface area contributed by atoms with Crippen molar-refractivity contribution in [1.82, 2.24) is 4.98 Å². The Balaban J connectivity index is 2.84. The van der Waals surface area contributed by atoms with E-state index in [-0.39, 0.29) is 29.4 Å². The average molecular weight is 269 g/mol. The minimum Gasteiger partial charge on any atom is -0.465 e. The van der Waals surface area contributed by atoms with E-state index in [0.29, 0.717) is 0 Å². The zero-order valence-corrected chi connectivity index (χ0v) is 10.2. The minimum absolute atomic E-state index is 0.0527. The number of nitrogens with zero attached hydrogens (tertiary/aromatic N) is 2. The fourth-order valence-corrected chi connectivity index (χ4v) is 1.20. The van der Waals surface area contributed by atoms with Gasteiger partial charge in [0.2, 0.25) is 0 Å². The molecule has 0 aromatic carbocycles. The quantitative estimate of drug-likeness (QED) is 0.275. The molecule has 18 heavy (non-hydrogen) atoms. The third-order valence-corrected chi connectivity index (χ3v) is 2.10. The Hall–Kier alpha value is -2.13. The Morgan fingerprint density at radius 3 is 3.00 bits per heavy atom. The van der Waals surface area contributed by atoms with Crippen LogP contribution in [0.4, 0.5) is 5.69 Å². The summed E-state index contributed by atoms with van der Waals surface area (Å²) in [6.45, 7) is 1.96. The molecule has 0 radical (unpaired) electrons. The van der Waals surface area contributed by atoms with Crippen molar-refractivity contribution in [3.63, 3.8) is 0 Å². The number of hydrogen-bond acceptors (Lipinski definition) is 5. The fraction of sp³-hybridized carbons (Fsp3) is 0.273. The van der Waals surface area contributed by atoms with Crippen LogP contribution in [0.5, 0.6) is 0 Å². The van der Waals surface area contributed by atoms with Gasteiger partial charge in [0.05, 0.1) is 17.1 Å². The molecule has 1 aromatic rings. The highest BCUT2D eigenvalue weighted by Crippen LogP contribution is 2.17. The van der Waals surface area contributed by atoms with Crippen molar-refractivity contribution < 1.29 is 14.5 Å². The van der Waals surface area contributed by atoms with Gasteiger partial charge in [-0.1, -0.05) is 23.4 Å². The van der Waals surface area contributed by atoms with Gasteiger partial charge in [0.25, 0.3) is 5.69 Å². The molecular formula is C11H9ClN2O4. The molecule has 0 atom stereocenters. The summed E-state index contributed by atoms with van der Waals surface area (Å²) in [5, 5.41) is 10.6. The van der Waals surface area contributed by atoms with Gasteiger partial charge in [0, 0.05) is 6.07 Å². The summed E-state index contributed by atoms with van der Waals surface area (Å²) >= 11 is 5.72. The molecule has 6 nitrogen and oxygen atoms in total. The number of hydrogen-bond donors (Lipinski definition) is 0. The molecule has 0 aliphatic rings. The van der Waals surface area contributed by atoms with Gasteiger partial charge in [0.1, 0.15) is 17.8 Å². The molecule has 0 spiro atoms. The SMILES string of the molecule is CCOC(=O)CC#Cc1cc([N+](=O)[O-])cnc1Cl. The summed E-state index contributed by atoms with van der Waals surface area (Å²) in [7, 11) is 0. The predicted molar refractivity (Wildman–Crippen MR) is 64.0 cm³/mol. The van der Waals surface area contributed by atoms with E-state index in [1.807, 2.05) is 0 Å². The number of nitro groups is 1. The van der Waals surface area contributed by atoms with E-state index in [1.54, 1.807) is 6.92 Å². The van der Waals surface area contributed by atoms with Crippen molar-refractivity contribution in [2.24, 2.45) is 0 Å². The number of pyridine rings is 1. The third kappa shape index (κ3) is 4.03. The molecule has 0 aliphatic heterocycles. The van der Waals surface area contributed by atoms with Gasteiger partial charge in [-0.3, -0.25) is 14.9 Å². The largest absolute Gasteiger partial charge is 0.465 e. The number of halogens is 1. The first-order chi connectivity index (χ1) is 8.54. The molecule has 0 fully saturated rings. The molecule has 0 bridgehead atoms. The molecule has 94 valence electrons. The average Bonchev–Trinajstić information content (AvgIpc) is 2.31. The summed E-state index contributed by atoms with van der Waals surface area (Å²) in [5.41, 5.74) is -0.00463. The first-order valence-corrected chi connectivity index (χ1v) is 5.36. The van der Waals surface area contributed by atoms with Gasteiger partial charge in [-0.05, 0) is 6.92 Å². The van der Waals surface area contributed by atoms with E-state index in [4.69, 9.17) is 11.6 Å². The third-order valence-electron chi connectivity index (χ3n) is 1.80. The molecule has 0 amide bonds. The van der Waals surface area contributed by atoms with Gasteiger partial charge in [-0.2, -0.15) is 0 Å². The van der Waals surface area contributed by atoms with Gasteiger partial charge in [-0.15, -0.1) is 0 Å². The summed E-state index contributed by atoms with van der Waals surface area (Å²) < 4.78 is 4.67. The van der Waals surface area contributed by atoms with Crippen molar-refractivity contribution in [1.29, 1.82) is 0 Å². The summed E-state index contributed by atoms with van der Waals surface area (Å²) in [6, 6.07) is 1.20. The van der Waals surface area contributed by atoms with E-state index < -0.39 is 10.9 Å². The summed E-state index contributed by atoms with van der Waals surface area (Å²) in [5.74, 6) is 4.61. The van der Waals surface area contributed by atoms with E-state index >= 15 is 0 Å². The van der Waals surface area contributed by atoms with Crippen molar-refractivity contribution >= 4 is 23.3 Å². The maximum atomic E-state index is 11.0. The van der Waals surface area contributed by atoms with E-state index in [2.05, 4.69) is 21.6 Å². The Morgan fingerprint density at radius 1 is 1.67 bits per heavy atom. The Bertz CT molecular complexity index is 534. The summed E-state index contributed by atoms with van der Waals surface area (Å²) in [6.07, 6.45) is 0.936. The highest BCUT2D eigenvalue weighted by Gasteiger charge is 2.09. The number of aromatic nitrogens is 1. The second kappa shape index (κ2) is 6.57. The predicted octanol–water partition coefficient (Wildman–Crippen LogP) is 1.95. The highest BCUT2D eigenvalue weighted by molar-refractivity contribution is 6.30. The molecule has 0 unspecified atom stereocenters. The standard InChI is InChI=1S/C11H9ClN2O4/c1-2-18-10(15)5-3-4-8-6-9(14(16)17)7-13-11(8)12/h6-7H,2,5H2,1H3. The topological polar surface area (TPSA) is 82.3 Å². The van der Waals surface area contributed by atoms with Gasteiger partial charge < -0.3 is 4.74 Å². The lowest BCUT2D eigenvalue weighted by atomic mass is 10.2. The van der Waals surface area contributed by atoms with E-state index in [1.165, 1.54) is 6.07 Å². The van der Waals surface area contributed by atoms with Crippen molar-refractivity contribution in [2.75, 3.05) is 6.61 Å². The second-order valence-electron chi connectivity index (χ2n) is 3.07.